The first-order chi connectivity index (χ1) is 14.8. The molecule has 0 fully saturated rings. The molecule has 1 heterocycles. The summed E-state index contributed by atoms with van der Waals surface area (Å²) in [4.78, 5) is 0. The molecule has 0 unspecified atom stereocenters. The number of nitrogens with zero attached hydrogens (tertiary/aromatic N) is 2. The molecule has 0 amide bonds. The van der Waals surface area contributed by atoms with E-state index in [1.807, 2.05) is 0 Å². The Labute approximate surface area is 186 Å². The molecule has 168 valence electrons. The van der Waals surface area contributed by atoms with E-state index in [2.05, 4.69) is 65.7 Å². The van der Waals surface area contributed by atoms with Gasteiger partial charge in [-0.15, -0.1) is 0 Å². The highest BCUT2D eigenvalue weighted by Gasteiger charge is 2.17. The fraction of sp³-hybridized carbons (Fsp3) is 0.679. The van der Waals surface area contributed by atoms with Gasteiger partial charge in [0.2, 0.25) is 0 Å². The van der Waals surface area contributed by atoms with Gasteiger partial charge in [-0.1, -0.05) is 108 Å². The summed E-state index contributed by atoms with van der Waals surface area (Å²) in [5, 5.41) is 0. The molecular formula is C28H47N2+. The average molecular weight is 412 g/mol. The van der Waals surface area contributed by atoms with E-state index in [4.69, 9.17) is 0 Å². The predicted molar refractivity (Wildman–Crippen MR) is 130 cm³/mol. The molecule has 2 heteroatoms. The Bertz CT molecular complexity index is 608. The highest BCUT2D eigenvalue weighted by atomic mass is 15.1. The van der Waals surface area contributed by atoms with Crippen molar-refractivity contribution in [2.24, 2.45) is 0 Å². The Morgan fingerprint density at radius 1 is 0.667 bits per heavy atom. The van der Waals surface area contributed by atoms with Crippen LogP contribution < -0.4 is 4.57 Å². The molecule has 2 nitrogen and oxygen atoms in total. The maximum absolute atomic E-state index is 2.53. The van der Waals surface area contributed by atoms with E-state index in [1.165, 1.54) is 114 Å². The van der Waals surface area contributed by atoms with Crippen molar-refractivity contribution in [1.29, 1.82) is 0 Å². The predicted octanol–water partition coefficient (Wildman–Crippen LogP) is 7.87. The lowest BCUT2D eigenvalue weighted by Crippen LogP contribution is -2.37. The van der Waals surface area contributed by atoms with Gasteiger partial charge in [0.25, 0.3) is 5.82 Å². The molecule has 0 saturated heterocycles. The smallest absolute Gasteiger partial charge is 0.234 e. The second-order valence-electron chi connectivity index (χ2n) is 9.01. The third-order valence-corrected chi connectivity index (χ3v) is 6.30. The maximum atomic E-state index is 2.53. The quantitative estimate of drug-likeness (QED) is 0.174. The van der Waals surface area contributed by atoms with Crippen molar-refractivity contribution < 1.29 is 4.57 Å². The van der Waals surface area contributed by atoms with Crippen molar-refractivity contribution in [3.63, 3.8) is 0 Å². The molecule has 1 aromatic carbocycles. The second-order valence-corrected chi connectivity index (χ2v) is 9.01. The molecule has 0 saturated carbocycles. The Kier molecular flexibility index (Phi) is 13.3. The molecule has 1 aromatic heterocycles. The van der Waals surface area contributed by atoms with Crippen LogP contribution in [0.3, 0.4) is 0 Å². The maximum Gasteiger partial charge on any atom is 0.260 e. The van der Waals surface area contributed by atoms with Crippen molar-refractivity contribution in [2.75, 3.05) is 0 Å². The topological polar surface area (TPSA) is 8.81 Å². The number of benzene rings is 1. The van der Waals surface area contributed by atoms with E-state index in [0.29, 0.717) is 0 Å². The summed E-state index contributed by atoms with van der Waals surface area (Å²) in [5.41, 5.74) is 1.42. The summed E-state index contributed by atoms with van der Waals surface area (Å²) in [6.07, 6.45) is 25.0. The lowest BCUT2D eigenvalue weighted by molar-refractivity contribution is -0.703. The third-order valence-electron chi connectivity index (χ3n) is 6.30. The van der Waals surface area contributed by atoms with Crippen LogP contribution in [0.25, 0.3) is 0 Å². The number of hydrogen-bond donors (Lipinski definition) is 0. The van der Waals surface area contributed by atoms with Gasteiger partial charge in [-0.25, -0.2) is 9.13 Å². The van der Waals surface area contributed by atoms with E-state index < -0.39 is 0 Å². The van der Waals surface area contributed by atoms with Gasteiger partial charge in [-0.2, -0.15) is 0 Å². The second kappa shape index (κ2) is 16.2. The first kappa shape index (κ1) is 24.7. The van der Waals surface area contributed by atoms with Crippen LogP contribution in [0.2, 0.25) is 0 Å². The van der Waals surface area contributed by atoms with Crippen molar-refractivity contribution in [1.82, 2.24) is 4.57 Å². The van der Waals surface area contributed by atoms with Crippen molar-refractivity contribution >= 4 is 0 Å². The molecule has 0 atom stereocenters. The molecule has 0 radical (unpaired) electrons. The number of unbranched alkanes of at least 4 members (excludes halogenated alkanes) is 12. The van der Waals surface area contributed by atoms with E-state index in [9.17, 15) is 0 Å². The molecule has 2 aromatic rings. The molecule has 0 aliphatic rings. The third kappa shape index (κ3) is 9.96. The number of aromatic nitrogens is 2. The van der Waals surface area contributed by atoms with Crippen LogP contribution in [0.5, 0.6) is 0 Å². The fourth-order valence-corrected chi connectivity index (χ4v) is 4.37. The zero-order valence-corrected chi connectivity index (χ0v) is 20.0. The Hall–Kier alpha value is -1.57. The van der Waals surface area contributed by atoms with Crippen LogP contribution in [0, 0.1) is 0 Å². The summed E-state index contributed by atoms with van der Waals surface area (Å²) in [6, 6.07) is 11.0. The largest absolute Gasteiger partial charge is 0.260 e. The zero-order chi connectivity index (χ0) is 21.3. The van der Waals surface area contributed by atoms with Gasteiger partial charge in [-0.05, 0) is 31.2 Å². The van der Waals surface area contributed by atoms with Crippen LogP contribution in [0.4, 0.5) is 0 Å². The van der Waals surface area contributed by atoms with Gasteiger partial charge >= 0.3 is 0 Å². The monoisotopic (exact) mass is 411 g/mol. The van der Waals surface area contributed by atoms with Gasteiger partial charge in [-0.3, -0.25) is 0 Å². The van der Waals surface area contributed by atoms with Crippen LogP contribution in [0.1, 0.15) is 115 Å². The van der Waals surface area contributed by atoms with Crippen LogP contribution in [0.15, 0.2) is 42.7 Å². The van der Waals surface area contributed by atoms with Gasteiger partial charge < -0.3 is 0 Å². The van der Waals surface area contributed by atoms with Crippen molar-refractivity contribution in [3.8, 4) is 0 Å². The van der Waals surface area contributed by atoms with E-state index >= 15 is 0 Å². The van der Waals surface area contributed by atoms with Crippen LogP contribution in [-0.4, -0.2) is 4.57 Å². The zero-order valence-electron chi connectivity index (χ0n) is 20.0. The van der Waals surface area contributed by atoms with Gasteiger partial charge in [0, 0.05) is 0 Å². The lowest BCUT2D eigenvalue weighted by atomic mass is 10.1. The number of imidazole rings is 1. The van der Waals surface area contributed by atoms with Crippen molar-refractivity contribution in [2.45, 2.75) is 123 Å². The van der Waals surface area contributed by atoms with E-state index in [1.54, 1.807) is 0 Å². The molecule has 30 heavy (non-hydrogen) atoms. The summed E-state index contributed by atoms with van der Waals surface area (Å²) in [7, 11) is 0. The first-order valence-corrected chi connectivity index (χ1v) is 13.0. The minimum atomic E-state index is 1.04. The minimum absolute atomic E-state index is 1.04. The highest BCUT2D eigenvalue weighted by Crippen LogP contribution is 2.12. The Morgan fingerprint density at radius 3 is 1.87 bits per heavy atom. The average Bonchev–Trinajstić information content (AvgIpc) is 3.14. The number of aryl methyl sites for hydroxylation is 2. The SMILES string of the molecule is CCCCCCCCCn1cc[n+](CCCCCCCCC)c1Cc1ccccc1. The summed E-state index contributed by atoms with van der Waals surface area (Å²) in [6.45, 7) is 6.92. The first-order valence-electron chi connectivity index (χ1n) is 13.0. The fourth-order valence-electron chi connectivity index (χ4n) is 4.37. The summed E-state index contributed by atoms with van der Waals surface area (Å²) >= 11 is 0. The van der Waals surface area contributed by atoms with Gasteiger partial charge in [0.1, 0.15) is 12.4 Å². The summed E-state index contributed by atoms with van der Waals surface area (Å²) in [5.74, 6) is 1.48. The molecule has 0 aliphatic carbocycles. The molecule has 0 bridgehead atoms. The minimum Gasteiger partial charge on any atom is -0.234 e. The standard InChI is InChI=1S/C28H47N2/c1-3-5-7-9-11-13-18-22-29-24-25-30(23-19-14-12-10-8-6-4-2)28(29)26-27-20-16-15-17-21-27/h15-17,20-21,24-25H,3-14,18-19,22-23,26H2,1-2H3/q+1. The Morgan fingerprint density at radius 2 is 1.23 bits per heavy atom. The van der Waals surface area contributed by atoms with E-state index in [-0.39, 0.29) is 0 Å². The number of hydrogen-bond acceptors (Lipinski definition) is 0. The lowest BCUT2D eigenvalue weighted by Gasteiger charge is -2.07. The van der Waals surface area contributed by atoms with E-state index in [0.717, 1.165) is 6.42 Å². The normalized spacial score (nSPS) is 11.3. The molecule has 0 spiro atoms. The molecule has 0 N–H and O–H groups in total. The highest BCUT2D eigenvalue weighted by molar-refractivity contribution is 5.18. The molecule has 0 aliphatic heterocycles. The molecular weight excluding hydrogens is 364 g/mol. The van der Waals surface area contributed by atoms with Crippen LogP contribution in [-0.2, 0) is 19.5 Å². The number of rotatable bonds is 18. The Balaban J connectivity index is 1.84. The van der Waals surface area contributed by atoms with Crippen molar-refractivity contribution in [3.05, 3.63) is 54.1 Å². The van der Waals surface area contributed by atoms with Gasteiger partial charge in [0.15, 0.2) is 0 Å². The van der Waals surface area contributed by atoms with Crippen LogP contribution >= 0.6 is 0 Å². The summed E-state index contributed by atoms with van der Waals surface area (Å²) < 4.78 is 5.06. The van der Waals surface area contributed by atoms with Gasteiger partial charge in [0.05, 0.1) is 19.5 Å². The molecule has 2 rings (SSSR count).